The molecule has 0 saturated carbocycles. The van der Waals surface area contributed by atoms with Crippen LogP contribution in [0, 0.1) is 5.92 Å². The van der Waals surface area contributed by atoms with Gasteiger partial charge in [-0.25, -0.2) is 4.98 Å². The number of piperidine rings is 1. The summed E-state index contributed by atoms with van der Waals surface area (Å²) in [6, 6.07) is 3.98. The summed E-state index contributed by atoms with van der Waals surface area (Å²) >= 11 is 0. The van der Waals surface area contributed by atoms with E-state index in [9.17, 15) is 0 Å². The second-order valence-corrected chi connectivity index (χ2v) is 4.82. The van der Waals surface area contributed by atoms with Gasteiger partial charge in [-0.3, -0.25) is 4.90 Å². The third-order valence-electron chi connectivity index (χ3n) is 3.60. The monoisotopic (exact) mass is 235 g/mol. The highest BCUT2D eigenvalue weighted by molar-refractivity contribution is 5.38. The van der Waals surface area contributed by atoms with Crippen molar-refractivity contribution < 1.29 is 4.74 Å². The highest BCUT2D eigenvalue weighted by Crippen LogP contribution is 2.21. The van der Waals surface area contributed by atoms with Crippen LogP contribution in [-0.2, 0) is 11.3 Å². The number of nitrogen functional groups attached to an aromatic ring is 1. The van der Waals surface area contributed by atoms with Crippen LogP contribution in [0.2, 0.25) is 0 Å². The Bertz CT molecular complexity index is 369. The fourth-order valence-corrected chi connectivity index (χ4v) is 2.37. The summed E-state index contributed by atoms with van der Waals surface area (Å²) in [7, 11) is 1.79. The van der Waals surface area contributed by atoms with Crippen LogP contribution in [0.25, 0.3) is 0 Å². The Morgan fingerprint density at radius 2 is 2.41 bits per heavy atom. The normalized spacial score (nSPS) is 26.0. The predicted molar refractivity (Wildman–Crippen MR) is 68.5 cm³/mol. The SMILES string of the molecule is COC1CN(Cc2cccnc2N)CCC1C. The van der Waals surface area contributed by atoms with E-state index in [-0.39, 0.29) is 0 Å². The Hall–Kier alpha value is -1.13. The molecule has 0 radical (unpaired) electrons. The van der Waals surface area contributed by atoms with Gasteiger partial charge in [-0.05, 0) is 24.9 Å². The molecule has 2 N–H and O–H groups in total. The smallest absolute Gasteiger partial charge is 0.127 e. The quantitative estimate of drug-likeness (QED) is 0.863. The highest BCUT2D eigenvalue weighted by Gasteiger charge is 2.26. The molecule has 1 saturated heterocycles. The van der Waals surface area contributed by atoms with Gasteiger partial charge < -0.3 is 10.5 Å². The van der Waals surface area contributed by atoms with Crippen molar-refractivity contribution in [1.82, 2.24) is 9.88 Å². The maximum atomic E-state index is 5.86. The number of aromatic nitrogens is 1. The van der Waals surface area contributed by atoms with Gasteiger partial charge in [0.1, 0.15) is 5.82 Å². The molecule has 0 aliphatic carbocycles. The maximum Gasteiger partial charge on any atom is 0.127 e. The molecule has 0 spiro atoms. The van der Waals surface area contributed by atoms with Crippen molar-refractivity contribution >= 4 is 5.82 Å². The van der Waals surface area contributed by atoms with E-state index in [2.05, 4.69) is 16.8 Å². The van der Waals surface area contributed by atoms with E-state index >= 15 is 0 Å². The molecule has 1 aromatic heterocycles. The van der Waals surface area contributed by atoms with Crippen molar-refractivity contribution in [3.05, 3.63) is 23.9 Å². The third-order valence-corrected chi connectivity index (χ3v) is 3.60. The second kappa shape index (κ2) is 5.47. The Morgan fingerprint density at radius 3 is 3.12 bits per heavy atom. The zero-order chi connectivity index (χ0) is 12.3. The maximum absolute atomic E-state index is 5.86. The van der Waals surface area contributed by atoms with E-state index in [1.54, 1.807) is 13.3 Å². The molecule has 2 heterocycles. The fraction of sp³-hybridized carbons (Fsp3) is 0.615. The first-order valence-electron chi connectivity index (χ1n) is 6.15. The summed E-state index contributed by atoms with van der Waals surface area (Å²) in [4.78, 5) is 6.51. The minimum atomic E-state index is 0.335. The average molecular weight is 235 g/mol. The zero-order valence-electron chi connectivity index (χ0n) is 10.6. The molecule has 2 atom stereocenters. The van der Waals surface area contributed by atoms with Crippen LogP contribution in [0.4, 0.5) is 5.82 Å². The molecular formula is C13H21N3O. The summed E-state index contributed by atoms with van der Waals surface area (Å²) in [5, 5.41) is 0. The Balaban J connectivity index is 1.98. The minimum Gasteiger partial charge on any atom is -0.383 e. The van der Waals surface area contributed by atoms with Gasteiger partial charge in [-0.2, -0.15) is 0 Å². The van der Waals surface area contributed by atoms with Crippen molar-refractivity contribution in [3.8, 4) is 0 Å². The lowest BCUT2D eigenvalue weighted by atomic mass is 9.95. The lowest BCUT2D eigenvalue weighted by Gasteiger charge is -2.36. The van der Waals surface area contributed by atoms with E-state index in [1.165, 1.54) is 6.42 Å². The van der Waals surface area contributed by atoms with Gasteiger partial charge in [0.25, 0.3) is 0 Å². The number of methoxy groups -OCH3 is 1. The van der Waals surface area contributed by atoms with Gasteiger partial charge in [0.05, 0.1) is 6.10 Å². The molecule has 2 rings (SSSR count). The minimum absolute atomic E-state index is 0.335. The van der Waals surface area contributed by atoms with E-state index in [0.717, 1.165) is 25.2 Å². The summed E-state index contributed by atoms with van der Waals surface area (Å²) in [5.74, 6) is 1.28. The standard InChI is InChI=1S/C13H21N3O/c1-10-5-7-16(9-12(10)17-2)8-11-4-3-6-15-13(11)14/h3-4,6,10,12H,5,7-9H2,1-2H3,(H2,14,15). The van der Waals surface area contributed by atoms with Crippen molar-refractivity contribution in [1.29, 1.82) is 0 Å². The summed E-state index contributed by atoms with van der Waals surface area (Å²) < 4.78 is 5.51. The van der Waals surface area contributed by atoms with Crippen LogP contribution in [0.1, 0.15) is 18.9 Å². The summed E-state index contributed by atoms with van der Waals surface area (Å²) in [6.07, 6.45) is 3.25. The number of hydrogen-bond acceptors (Lipinski definition) is 4. The zero-order valence-corrected chi connectivity index (χ0v) is 10.6. The topological polar surface area (TPSA) is 51.4 Å². The third kappa shape index (κ3) is 2.96. The molecule has 94 valence electrons. The van der Waals surface area contributed by atoms with E-state index in [1.807, 2.05) is 12.1 Å². The molecule has 1 fully saturated rings. The average Bonchev–Trinajstić information content (AvgIpc) is 2.34. The van der Waals surface area contributed by atoms with Gasteiger partial charge in [-0.15, -0.1) is 0 Å². The lowest BCUT2D eigenvalue weighted by molar-refractivity contribution is -0.00741. The molecule has 17 heavy (non-hydrogen) atoms. The number of pyridine rings is 1. The van der Waals surface area contributed by atoms with Crippen molar-refractivity contribution in [2.45, 2.75) is 26.0 Å². The fourth-order valence-electron chi connectivity index (χ4n) is 2.37. The molecule has 0 bridgehead atoms. The van der Waals surface area contributed by atoms with Crippen LogP contribution >= 0.6 is 0 Å². The van der Waals surface area contributed by atoms with Gasteiger partial charge in [0.15, 0.2) is 0 Å². The number of nitrogens with two attached hydrogens (primary N) is 1. The summed E-state index contributed by atoms with van der Waals surface area (Å²) in [5.41, 5.74) is 6.97. The van der Waals surface area contributed by atoms with Crippen LogP contribution in [0.15, 0.2) is 18.3 Å². The predicted octanol–water partition coefficient (Wildman–Crippen LogP) is 1.52. The number of likely N-dealkylation sites (tertiary alicyclic amines) is 1. The number of rotatable bonds is 3. The molecular weight excluding hydrogens is 214 g/mol. The Labute approximate surface area is 103 Å². The van der Waals surface area contributed by atoms with Crippen molar-refractivity contribution in [2.24, 2.45) is 5.92 Å². The second-order valence-electron chi connectivity index (χ2n) is 4.82. The molecule has 1 aliphatic heterocycles. The van der Waals surface area contributed by atoms with E-state index in [4.69, 9.17) is 10.5 Å². The number of nitrogens with zero attached hydrogens (tertiary/aromatic N) is 2. The van der Waals surface area contributed by atoms with Gasteiger partial charge in [0.2, 0.25) is 0 Å². The van der Waals surface area contributed by atoms with Crippen LogP contribution < -0.4 is 5.73 Å². The van der Waals surface area contributed by atoms with Gasteiger partial charge in [0, 0.05) is 32.0 Å². The molecule has 0 amide bonds. The molecule has 1 aromatic rings. The Kier molecular flexibility index (Phi) is 3.97. The summed E-state index contributed by atoms with van der Waals surface area (Å²) in [6.45, 7) is 5.21. The number of anilines is 1. The van der Waals surface area contributed by atoms with Crippen LogP contribution in [0.3, 0.4) is 0 Å². The van der Waals surface area contributed by atoms with Gasteiger partial charge >= 0.3 is 0 Å². The first kappa shape index (κ1) is 12.3. The largest absolute Gasteiger partial charge is 0.383 e. The van der Waals surface area contributed by atoms with Crippen LogP contribution in [0.5, 0.6) is 0 Å². The van der Waals surface area contributed by atoms with Crippen molar-refractivity contribution in [3.63, 3.8) is 0 Å². The molecule has 0 aromatic carbocycles. The van der Waals surface area contributed by atoms with Gasteiger partial charge in [-0.1, -0.05) is 13.0 Å². The first-order chi connectivity index (χ1) is 8.20. The number of ether oxygens (including phenoxy) is 1. The Morgan fingerprint density at radius 1 is 1.59 bits per heavy atom. The van der Waals surface area contributed by atoms with Crippen molar-refractivity contribution in [2.75, 3.05) is 25.9 Å². The molecule has 2 unspecified atom stereocenters. The van der Waals surface area contributed by atoms with Crippen LogP contribution in [-0.4, -0.2) is 36.2 Å². The lowest BCUT2D eigenvalue weighted by Crippen LogP contribution is -2.43. The highest BCUT2D eigenvalue weighted by atomic mass is 16.5. The number of hydrogen-bond donors (Lipinski definition) is 1. The van der Waals surface area contributed by atoms with E-state index < -0.39 is 0 Å². The first-order valence-corrected chi connectivity index (χ1v) is 6.15. The molecule has 4 nitrogen and oxygen atoms in total. The molecule has 1 aliphatic rings. The van der Waals surface area contributed by atoms with E-state index in [0.29, 0.717) is 17.8 Å². The molecule has 4 heteroatoms.